The van der Waals surface area contributed by atoms with Gasteiger partial charge in [0, 0.05) is 11.8 Å². The first-order chi connectivity index (χ1) is 16.3. The molecule has 0 aliphatic heterocycles. The first-order valence-corrected chi connectivity index (χ1v) is 12.8. The van der Waals surface area contributed by atoms with Crippen LogP contribution in [0.3, 0.4) is 0 Å². The number of ether oxygens (including phenoxy) is 2. The van der Waals surface area contributed by atoms with Gasteiger partial charge in [0.1, 0.15) is 29.7 Å². The maximum atomic E-state index is 5.80. The van der Waals surface area contributed by atoms with Crippen molar-refractivity contribution in [2.75, 3.05) is 13.2 Å². The zero-order valence-corrected chi connectivity index (χ0v) is 20.7. The van der Waals surface area contributed by atoms with Gasteiger partial charge in [-0.2, -0.15) is 0 Å². The SMILES string of the molecule is CCCCC=CCOc1ccc(-c2cnc(-c3ccc(OCC=CCCCC)cc3)s2)cc1. The number of hydrogen-bond acceptors (Lipinski definition) is 4. The third kappa shape index (κ3) is 8.54. The average molecular weight is 462 g/mol. The minimum atomic E-state index is 0.610. The quantitative estimate of drug-likeness (QED) is 0.178. The Morgan fingerprint density at radius 1 is 0.697 bits per heavy atom. The molecule has 1 aromatic heterocycles. The van der Waals surface area contributed by atoms with E-state index in [0.717, 1.165) is 45.4 Å². The van der Waals surface area contributed by atoms with Gasteiger partial charge in [0.15, 0.2) is 0 Å². The molecule has 3 nitrogen and oxygen atoms in total. The van der Waals surface area contributed by atoms with Crippen molar-refractivity contribution >= 4 is 11.3 Å². The maximum Gasteiger partial charge on any atom is 0.123 e. The van der Waals surface area contributed by atoms with Crippen LogP contribution in [0, 0.1) is 0 Å². The molecule has 0 aliphatic carbocycles. The van der Waals surface area contributed by atoms with Crippen LogP contribution in [0.1, 0.15) is 52.4 Å². The minimum absolute atomic E-state index is 0.610. The van der Waals surface area contributed by atoms with Crippen molar-refractivity contribution in [3.05, 3.63) is 79.0 Å². The van der Waals surface area contributed by atoms with E-state index < -0.39 is 0 Å². The van der Waals surface area contributed by atoms with E-state index in [1.165, 1.54) is 25.7 Å². The predicted octanol–water partition coefficient (Wildman–Crippen LogP) is 8.73. The number of unbranched alkanes of at least 4 members (excludes halogenated alkanes) is 4. The van der Waals surface area contributed by atoms with E-state index in [9.17, 15) is 0 Å². The van der Waals surface area contributed by atoms with Gasteiger partial charge in [-0.1, -0.05) is 63.8 Å². The van der Waals surface area contributed by atoms with Crippen molar-refractivity contribution in [2.24, 2.45) is 0 Å². The van der Waals surface area contributed by atoms with Gasteiger partial charge in [0.2, 0.25) is 0 Å². The van der Waals surface area contributed by atoms with Crippen LogP contribution in [0.2, 0.25) is 0 Å². The third-order valence-corrected chi connectivity index (χ3v) is 6.32. The lowest BCUT2D eigenvalue weighted by atomic mass is 10.2. The van der Waals surface area contributed by atoms with Crippen molar-refractivity contribution in [3.63, 3.8) is 0 Å². The lowest BCUT2D eigenvalue weighted by Gasteiger charge is -2.04. The molecule has 0 atom stereocenters. The number of rotatable bonds is 14. The summed E-state index contributed by atoms with van der Waals surface area (Å²) in [7, 11) is 0. The topological polar surface area (TPSA) is 31.4 Å². The van der Waals surface area contributed by atoms with E-state index in [2.05, 4.69) is 67.4 Å². The van der Waals surface area contributed by atoms with Crippen LogP contribution >= 0.6 is 11.3 Å². The maximum absolute atomic E-state index is 5.80. The van der Waals surface area contributed by atoms with E-state index in [4.69, 9.17) is 9.47 Å². The highest BCUT2D eigenvalue weighted by molar-refractivity contribution is 7.18. The molecule has 0 saturated heterocycles. The van der Waals surface area contributed by atoms with Gasteiger partial charge in [-0.3, -0.25) is 0 Å². The molecule has 0 N–H and O–H groups in total. The molecule has 0 bridgehead atoms. The Bertz CT molecular complexity index is 907. The van der Waals surface area contributed by atoms with Gasteiger partial charge in [0.05, 0.1) is 4.88 Å². The highest BCUT2D eigenvalue weighted by Crippen LogP contribution is 2.33. The van der Waals surface area contributed by atoms with Crippen LogP contribution < -0.4 is 9.47 Å². The summed E-state index contributed by atoms with van der Waals surface area (Å²) in [4.78, 5) is 5.78. The number of nitrogens with zero attached hydrogens (tertiary/aromatic N) is 1. The van der Waals surface area contributed by atoms with Gasteiger partial charge in [-0.15, -0.1) is 11.3 Å². The first-order valence-electron chi connectivity index (χ1n) is 12.0. The Morgan fingerprint density at radius 3 is 1.73 bits per heavy atom. The molecule has 2 aromatic carbocycles. The Kier molecular flexibility index (Phi) is 10.8. The first kappa shape index (κ1) is 24.8. The summed E-state index contributed by atoms with van der Waals surface area (Å²) < 4.78 is 11.6. The third-order valence-electron chi connectivity index (χ3n) is 5.22. The molecule has 4 heteroatoms. The van der Waals surface area contributed by atoms with Gasteiger partial charge in [-0.25, -0.2) is 4.98 Å². The normalized spacial score (nSPS) is 11.5. The molecule has 0 spiro atoms. The summed E-state index contributed by atoms with van der Waals surface area (Å²) >= 11 is 1.69. The Labute approximate surface area is 202 Å². The van der Waals surface area contributed by atoms with Crippen molar-refractivity contribution in [1.82, 2.24) is 4.98 Å². The largest absolute Gasteiger partial charge is 0.490 e. The number of allylic oxidation sites excluding steroid dienone is 2. The number of aromatic nitrogens is 1. The van der Waals surface area contributed by atoms with E-state index in [1.807, 2.05) is 30.5 Å². The van der Waals surface area contributed by atoms with Gasteiger partial charge >= 0.3 is 0 Å². The van der Waals surface area contributed by atoms with Crippen LogP contribution in [0.4, 0.5) is 0 Å². The van der Waals surface area contributed by atoms with Crippen molar-refractivity contribution in [3.8, 4) is 32.5 Å². The van der Waals surface area contributed by atoms with Gasteiger partial charge < -0.3 is 9.47 Å². The lowest BCUT2D eigenvalue weighted by molar-refractivity contribution is 0.362. The molecule has 0 fully saturated rings. The van der Waals surface area contributed by atoms with E-state index in [-0.39, 0.29) is 0 Å². The number of hydrogen-bond donors (Lipinski definition) is 0. The highest BCUT2D eigenvalue weighted by atomic mass is 32.1. The lowest BCUT2D eigenvalue weighted by Crippen LogP contribution is -1.92. The molecule has 0 aliphatic rings. The second-order valence-corrected chi connectivity index (χ2v) is 8.96. The molecule has 3 rings (SSSR count). The molecule has 0 saturated carbocycles. The standard InChI is InChI=1S/C29H35NO2S/c1-3-5-7-9-11-21-31-26-17-13-24(14-18-26)28-23-30-29(33-28)25-15-19-27(20-16-25)32-22-12-10-8-6-4-2/h9-20,23H,3-8,21-22H2,1-2H3. The molecule has 0 unspecified atom stereocenters. The summed E-state index contributed by atoms with van der Waals surface area (Å²) in [5.41, 5.74) is 2.26. The van der Waals surface area contributed by atoms with Crippen molar-refractivity contribution < 1.29 is 9.47 Å². The molecule has 1 heterocycles. The van der Waals surface area contributed by atoms with Crippen LogP contribution in [-0.2, 0) is 0 Å². The summed E-state index contributed by atoms with van der Waals surface area (Å²) in [6.07, 6.45) is 17.7. The van der Waals surface area contributed by atoms with Gasteiger partial charge in [0.25, 0.3) is 0 Å². The number of benzene rings is 2. The fourth-order valence-electron chi connectivity index (χ4n) is 3.25. The molecular weight excluding hydrogens is 426 g/mol. The average Bonchev–Trinajstić information content (AvgIpc) is 3.35. The molecule has 0 radical (unpaired) electrons. The van der Waals surface area contributed by atoms with Crippen LogP contribution in [0.25, 0.3) is 21.0 Å². The van der Waals surface area contributed by atoms with E-state index >= 15 is 0 Å². The summed E-state index contributed by atoms with van der Waals surface area (Å²) in [6, 6.07) is 16.4. The molecule has 174 valence electrons. The zero-order chi connectivity index (χ0) is 23.1. The van der Waals surface area contributed by atoms with E-state index in [1.54, 1.807) is 11.3 Å². The zero-order valence-electron chi connectivity index (χ0n) is 19.8. The predicted molar refractivity (Wildman–Crippen MR) is 141 cm³/mol. The smallest absolute Gasteiger partial charge is 0.123 e. The molecule has 0 amide bonds. The van der Waals surface area contributed by atoms with Crippen molar-refractivity contribution in [1.29, 1.82) is 0 Å². The van der Waals surface area contributed by atoms with Crippen molar-refractivity contribution in [2.45, 2.75) is 52.4 Å². The van der Waals surface area contributed by atoms with E-state index in [0.29, 0.717) is 13.2 Å². The Balaban J connectivity index is 1.51. The second kappa shape index (κ2) is 14.3. The monoisotopic (exact) mass is 461 g/mol. The highest BCUT2D eigenvalue weighted by Gasteiger charge is 2.07. The Hall–Kier alpha value is -2.85. The van der Waals surface area contributed by atoms with Crippen LogP contribution in [0.15, 0.2) is 79.0 Å². The van der Waals surface area contributed by atoms with Gasteiger partial charge in [-0.05, 0) is 66.9 Å². The molecular formula is C29H35NO2S. The fraction of sp³-hybridized carbons (Fsp3) is 0.345. The molecule has 33 heavy (non-hydrogen) atoms. The van der Waals surface area contributed by atoms with Crippen LogP contribution in [-0.4, -0.2) is 18.2 Å². The fourth-order valence-corrected chi connectivity index (χ4v) is 4.18. The second-order valence-electron chi connectivity index (χ2n) is 7.93. The number of thiazole rings is 1. The Morgan fingerprint density at radius 2 is 1.21 bits per heavy atom. The van der Waals surface area contributed by atoms with Crippen LogP contribution in [0.5, 0.6) is 11.5 Å². The summed E-state index contributed by atoms with van der Waals surface area (Å²) in [5, 5.41) is 1.01. The molecule has 3 aromatic rings. The minimum Gasteiger partial charge on any atom is -0.490 e. The summed E-state index contributed by atoms with van der Waals surface area (Å²) in [5.74, 6) is 1.77. The summed E-state index contributed by atoms with van der Waals surface area (Å²) in [6.45, 7) is 5.64.